The lowest BCUT2D eigenvalue weighted by atomic mass is 9.51. The quantitative estimate of drug-likeness (QED) is 0.589. The van der Waals surface area contributed by atoms with E-state index < -0.39 is 16.8 Å². The van der Waals surface area contributed by atoms with Gasteiger partial charge in [-0.1, -0.05) is 45.4 Å². The molecule has 29 heavy (non-hydrogen) atoms. The monoisotopic (exact) mass is 400 g/mol. The Morgan fingerprint density at radius 3 is 1.72 bits per heavy atom. The number of phenolic OH excluding ortho intramolecular Hbond substituents is 2. The van der Waals surface area contributed by atoms with E-state index in [0.717, 1.165) is 0 Å². The largest absolute Gasteiger partial charge is 0.508 e. The van der Waals surface area contributed by atoms with Gasteiger partial charge in [0.25, 0.3) is 6.47 Å². The zero-order valence-electron chi connectivity index (χ0n) is 17.4. The van der Waals surface area contributed by atoms with Crippen LogP contribution in [-0.2, 0) is 14.3 Å². The van der Waals surface area contributed by atoms with Crippen molar-refractivity contribution in [2.45, 2.75) is 46.8 Å². The van der Waals surface area contributed by atoms with Crippen LogP contribution in [0.3, 0.4) is 0 Å². The van der Waals surface area contributed by atoms with E-state index in [1.807, 2.05) is 46.8 Å². The summed E-state index contributed by atoms with van der Waals surface area (Å²) in [5, 5.41) is 18.0. The van der Waals surface area contributed by atoms with Crippen LogP contribution in [0.2, 0.25) is 0 Å². The number of ether oxygens (including phenoxy) is 2. The minimum absolute atomic E-state index is 0.0929. The first-order chi connectivity index (χ1) is 13.5. The lowest BCUT2D eigenvalue weighted by molar-refractivity contribution is -0.252. The summed E-state index contributed by atoms with van der Waals surface area (Å²) in [6, 6.07) is 13.0. The maximum absolute atomic E-state index is 12.2. The molecule has 156 valence electrons. The number of esters is 1. The van der Waals surface area contributed by atoms with Crippen molar-refractivity contribution in [3.63, 3.8) is 0 Å². The number of hydrogen-bond donors (Lipinski definition) is 2. The average molecular weight is 400 g/mol. The van der Waals surface area contributed by atoms with Gasteiger partial charge in [-0.15, -0.1) is 0 Å². The molecule has 0 aromatic heterocycles. The molecular formula is C23H28O6. The fourth-order valence-corrected chi connectivity index (χ4v) is 4.12. The highest BCUT2D eigenvalue weighted by Gasteiger charge is 2.66. The smallest absolute Gasteiger partial charge is 0.338 e. The topological polar surface area (TPSA) is 93.1 Å². The van der Waals surface area contributed by atoms with E-state index in [4.69, 9.17) is 14.6 Å². The zero-order valence-corrected chi connectivity index (χ0v) is 17.4. The molecule has 2 N–H and O–H groups in total. The molecule has 1 aliphatic rings. The Balaban J connectivity index is 0.000000313. The number of hydrogen-bond acceptors (Lipinski definition) is 6. The molecular weight excluding hydrogens is 372 g/mol. The van der Waals surface area contributed by atoms with E-state index in [-0.39, 0.29) is 18.0 Å². The normalized spacial score (nSPS) is 21.0. The zero-order chi connectivity index (χ0) is 21.8. The van der Waals surface area contributed by atoms with Crippen molar-refractivity contribution < 1.29 is 29.3 Å². The number of rotatable bonds is 4. The first-order valence-corrected chi connectivity index (χ1v) is 9.35. The van der Waals surface area contributed by atoms with Crippen LogP contribution in [0.5, 0.6) is 11.5 Å². The second kappa shape index (κ2) is 8.55. The maximum Gasteiger partial charge on any atom is 0.338 e. The summed E-state index contributed by atoms with van der Waals surface area (Å²) in [4.78, 5) is 22.8. The predicted octanol–water partition coefficient (Wildman–Crippen LogP) is 4.23. The van der Waals surface area contributed by atoms with Gasteiger partial charge in [0.2, 0.25) is 0 Å². The van der Waals surface area contributed by atoms with Gasteiger partial charge in [0, 0.05) is 10.8 Å². The lowest BCUT2D eigenvalue weighted by Gasteiger charge is -2.60. The number of phenols is 2. The second-order valence-corrected chi connectivity index (χ2v) is 8.42. The van der Waals surface area contributed by atoms with E-state index in [1.54, 1.807) is 12.1 Å². The molecule has 0 bridgehead atoms. The number of aromatic hydroxyl groups is 2. The second-order valence-electron chi connectivity index (χ2n) is 8.42. The van der Waals surface area contributed by atoms with Crippen molar-refractivity contribution in [1.29, 1.82) is 0 Å². The summed E-state index contributed by atoms with van der Waals surface area (Å²) >= 11 is 0. The number of carbonyl (C=O) groups is 2. The van der Waals surface area contributed by atoms with E-state index in [2.05, 4.69) is 0 Å². The van der Waals surface area contributed by atoms with Crippen LogP contribution in [0.1, 0.15) is 43.6 Å². The Kier molecular flexibility index (Phi) is 6.57. The van der Waals surface area contributed by atoms with Crippen LogP contribution in [0, 0.1) is 17.8 Å². The van der Waals surface area contributed by atoms with Gasteiger partial charge in [0.15, 0.2) is 0 Å². The van der Waals surface area contributed by atoms with Crippen molar-refractivity contribution in [2.75, 3.05) is 0 Å². The van der Waals surface area contributed by atoms with Crippen molar-refractivity contribution in [2.24, 2.45) is 10.8 Å². The van der Waals surface area contributed by atoms with Crippen LogP contribution in [0.25, 0.3) is 0 Å². The molecule has 2 aromatic carbocycles. The Hall–Kier alpha value is -3.02. The van der Waals surface area contributed by atoms with E-state index in [9.17, 15) is 14.7 Å². The number of carbonyl (C=O) groups excluding carboxylic acids is 2. The molecule has 6 heteroatoms. The SMILES string of the molecule is CC1(C)C(OC=O)C(C)(C)C1OC(=O)c1ccc(O)cc1.Cc1ccc(O)cc1. The molecule has 0 atom stereocenters. The molecule has 0 aliphatic heterocycles. The molecule has 0 amide bonds. The Labute approximate surface area is 171 Å². The number of benzene rings is 2. The Morgan fingerprint density at radius 1 is 0.862 bits per heavy atom. The summed E-state index contributed by atoms with van der Waals surface area (Å²) in [5.41, 5.74) is 0.649. The summed E-state index contributed by atoms with van der Waals surface area (Å²) in [6.07, 6.45) is -0.670. The van der Waals surface area contributed by atoms with Gasteiger partial charge < -0.3 is 19.7 Å². The molecule has 1 saturated carbocycles. The maximum atomic E-state index is 12.2. The molecule has 3 rings (SSSR count). The summed E-state index contributed by atoms with van der Waals surface area (Å²) in [7, 11) is 0. The summed E-state index contributed by atoms with van der Waals surface area (Å²) in [6.45, 7) is 10.0. The molecule has 0 heterocycles. The molecule has 1 aliphatic carbocycles. The van der Waals surface area contributed by atoms with Crippen LogP contribution < -0.4 is 0 Å². The standard InChI is InChI=1S/C16H20O5.C7H8O/c1-15(2)13(20-9-17)16(3,4)14(15)21-12(19)10-5-7-11(18)8-6-10;1-6-2-4-7(8)5-3-6/h5-9,13-14,18H,1-4H3;2-5,8H,1H3. The van der Waals surface area contributed by atoms with Crippen LogP contribution in [0.15, 0.2) is 48.5 Å². The molecule has 0 saturated heterocycles. The van der Waals surface area contributed by atoms with E-state index in [1.165, 1.54) is 29.8 Å². The highest BCUT2D eigenvalue weighted by atomic mass is 16.6. The fraction of sp³-hybridized carbons (Fsp3) is 0.391. The highest BCUT2D eigenvalue weighted by Crippen LogP contribution is 2.57. The fourth-order valence-electron chi connectivity index (χ4n) is 4.12. The first-order valence-electron chi connectivity index (χ1n) is 9.35. The van der Waals surface area contributed by atoms with E-state index in [0.29, 0.717) is 17.8 Å². The molecule has 0 radical (unpaired) electrons. The van der Waals surface area contributed by atoms with Crippen molar-refractivity contribution in [3.05, 3.63) is 59.7 Å². The van der Waals surface area contributed by atoms with E-state index >= 15 is 0 Å². The van der Waals surface area contributed by atoms with Crippen molar-refractivity contribution in [3.8, 4) is 11.5 Å². The van der Waals surface area contributed by atoms with Crippen LogP contribution in [-0.4, -0.2) is 34.9 Å². The minimum atomic E-state index is -0.453. The molecule has 0 spiro atoms. The Morgan fingerprint density at radius 2 is 1.31 bits per heavy atom. The average Bonchev–Trinajstić information content (AvgIpc) is 2.67. The molecule has 0 unspecified atom stereocenters. The third-order valence-electron chi connectivity index (χ3n) is 5.26. The summed E-state index contributed by atoms with van der Waals surface area (Å²) in [5.74, 6) is -0.0309. The molecule has 6 nitrogen and oxygen atoms in total. The number of aryl methyl sites for hydroxylation is 1. The minimum Gasteiger partial charge on any atom is -0.508 e. The van der Waals surface area contributed by atoms with Gasteiger partial charge in [-0.05, 0) is 43.3 Å². The van der Waals surface area contributed by atoms with Crippen LogP contribution in [0.4, 0.5) is 0 Å². The van der Waals surface area contributed by atoms with Gasteiger partial charge >= 0.3 is 5.97 Å². The highest BCUT2D eigenvalue weighted by molar-refractivity contribution is 5.89. The predicted molar refractivity (Wildman–Crippen MR) is 109 cm³/mol. The van der Waals surface area contributed by atoms with Gasteiger partial charge in [-0.2, -0.15) is 0 Å². The van der Waals surface area contributed by atoms with Crippen molar-refractivity contribution >= 4 is 12.4 Å². The Bertz CT molecular complexity index is 800. The first kappa shape index (κ1) is 22.3. The van der Waals surface area contributed by atoms with Crippen LogP contribution >= 0.6 is 0 Å². The van der Waals surface area contributed by atoms with Crippen molar-refractivity contribution in [1.82, 2.24) is 0 Å². The van der Waals surface area contributed by atoms with Gasteiger partial charge in [0.05, 0.1) is 5.56 Å². The summed E-state index contributed by atoms with van der Waals surface area (Å²) < 4.78 is 10.7. The van der Waals surface area contributed by atoms with Gasteiger partial charge in [-0.3, -0.25) is 4.79 Å². The lowest BCUT2D eigenvalue weighted by Crippen LogP contribution is -2.69. The third kappa shape index (κ3) is 4.88. The van der Waals surface area contributed by atoms with Gasteiger partial charge in [0.1, 0.15) is 23.7 Å². The molecule has 1 fully saturated rings. The molecule has 2 aromatic rings. The third-order valence-corrected chi connectivity index (χ3v) is 5.26. The van der Waals surface area contributed by atoms with Gasteiger partial charge in [-0.25, -0.2) is 4.79 Å².